The van der Waals surface area contributed by atoms with Crippen molar-refractivity contribution in [1.29, 1.82) is 0 Å². The van der Waals surface area contributed by atoms with Crippen LogP contribution in [0.3, 0.4) is 0 Å². The number of hydrogen-bond acceptors (Lipinski definition) is 9. The zero-order valence-electron chi connectivity index (χ0n) is 14.5. The van der Waals surface area contributed by atoms with Crippen molar-refractivity contribution < 1.29 is 33.0 Å². The van der Waals surface area contributed by atoms with Gasteiger partial charge in [-0.05, 0) is 35.4 Å². The van der Waals surface area contributed by atoms with Gasteiger partial charge < -0.3 is 4.74 Å². The number of carbonyl (C=O) groups is 1. The van der Waals surface area contributed by atoms with Gasteiger partial charge in [0.1, 0.15) is 0 Å². The first kappa shape index (κ1) is 21.2. The summed E-state index contributed by atoms with van der Waals surface area (Å²) in [6, 6.07) is 10.5. The van der Waals surface area contributed by atoms with E-state index in [1.165, 1.54) is 48.5 Å². The highest BCUT2D eigenvalue weighted by atomic mass is 31.2. The number of ether oxygens (including phenoxy) is 1. The third-order valence-corrected chi connectivity index (χ3v) is 5.06. The van der Waals surface area contributed by atoms with E-state index in [0.29, 0.717) is 11.1 Å². The highest BCUT2D eigenvalue weighted by Gasteiger charge is 2.36. The van der Waals surface area contributed by atoms with Crippen molar-refractivity contribution >= 4 is 24.7 Å². The van der Waals surface area contributed by atoms with E-state index >= 15 is 0 Å². The van der Waals surface area contributed by atoms with Crippen LogP contribution in [0.5, 0.6) is 0 Å². The quantitative estimate of drug-likeness (QED) is 0.337. The number of non-ortho nitro benzene ring substituents is 2. The van der Waals surface area contributed by atoms with Crippen molar-refractivity contribution in [1.82, 2.24) is 0 Å². The summed E-state index contributed by atoms with van der Waals surface area (Å²) in [6.07, 6.45) is 0. The SMILES string of the molecule is COC(=O)P(=O)(OCc1ccc([N+](=O)[O-])cc1)OCc1ccc([N+](=O)[O-])cc1. The molecule has 2 rings (SSSR count). The lowest BCUT2D eigenvalue weighted by Crippen LogP contribution is -2.07. The Morgan fingerprint density at radius 1 is 0.857 bits per heavy atom. The normalized spacial score (nSPS) is 11.0. The van der Waals surface area contributed by atoms with E-state index in [1.54, 1.807) is 0 Å². The first-order valence-electron chi connectivity index (χ1n) is 7.69. The Morgan fingerprint density at radius 2 is 1.21 bits per heavy atom. The summed E-state index contributed by atoms with van der Waals surface area (Å²) in [7, 11) is -3.32. The fourth-order valence-electron chi connectivity index (χ4n) is 2.00. The minimum atomic E-state index is -4.33. The fraction of sp³-hybridized carbons (Fsp3) is 0.188. The molecule has 0 amide bonds. The second-order valence-corrected chi connectivity index (χ2v) is 7.24. The summed E-state index contributed by atoms with van der Waals surface area (Å²) in [5.41, 5.74) is -0.623. The van der Waals surface area contributed by atoms with E-state index < -0.39 is 23.2 Å². The van der Waals surface area contributed by atoms with E-state index in [2.05, 4.69) is 4.74 Å². The molecule has 0 saturated heterocycles. The van der Waals surface area contributed by atoms with Crippen LogP contribution in [0.15, 0.2) is 48.5 Å². The Labute approximate surface area is 158 Å². The van der Waals surface area contributed by atoms with Crippen LogP contribution < -0.4 is 0 Å². The van der Waals surface area contributed by atoms with Crippen LogP contribution in [-0.2, 0) is 31.6 Å². The molecule has 2 aromatic rings. The Balaban J connectivity index is 2.06. The molecule has 0 saturated carbocycles. The summed E-state index contributed by atoms with van der Waals surface area (Å²) in [5.74, 6) is 0. The van der Waals surface area contributed by atoms with Gasteiger partial charge in [-0.3, -0.25) is 29.3 Å². The topological polar surface area (TPSA) is 148 Å². The second kappa shape index (κ2) is 9.18. The molecule has 0 aliphatic heterocycles. The number of benzene rings is 2. The maximum atomic E-state index is 12.7. The smallest absolute Gasteiger partial charge is 0.439 e. The molecule has 11 nitrogen and oxygen atoms in total. The molecule has 28 heavy (non-hydrogen) atoms. The molecule has 0 aliphatic rings. The Morgan fingerprint density at radius 3 is 1.50 bits per heavy atom. The monoisotopic (exact) mass is 410 g/mol. The van der Waals surface area contributed by atoms with Gasteiger partial charge in [0, 0.05) is 24.3 Å². The van der Waals surface area contributed by atoms with Gasteiger partial charge in [-0.1, -0.05) is 0 Å². The summed E-state index contributed by atoms with van der Waals surface area (Å²) >= 11 is 0. The lowest BCUT2D eigenvalue weighted by molar-refractivity contribution is -0.385. The maximum absolute atomic E-state index is 12.7. The summed E-state index contributed by atoms with van der Waals surface area (Å²) < 4.78 is 27.4. The van der Waals surface area contributed by atoms with E-state index in [1.807, 2.05) is 0 Å². The molecule has 0 fully saturated rings. The van der Waals surface area contributed by atoms with Gasteiger partial charge in [-0.15, -0.1) is 0 Å². The number of nitro groups is 2. The first-order valence-corrected chi connectivity index (χ1v) is 9.24. The zero-order chi connectivity index (χ0) is 20.7. The van der Waals surface area contributed by atoms with Crippen LogP contribution >= 0.6 is 7.60 Å². The average molecular weight is 410 g/mol. The summed E-state index contributed by atoms with van der Waals surface area (Å²) in [4.78, 5) is 32.0. The van der Waals surface area contributed by atoms with E-state index in [9.17, 15) is 29.6 Å². The highest BCUT2D eigenvalue weighted by molar-refractivity contribution is 7.71. The van der Waals surface area contributed by atoms with Crippen molar-refractivity contribution in [3.05, 3.63) is 79.9 Å². The minimum absolute atomic E-state index is 0.130. The first-order chi connectivity index (χ1) is 13.2. The average Bonchev–Trinajstić information content (AvgIpc) is 2.70. The summed E-state index contributed by atoms with van der Waals surface area (Å²) in [5, 5.41) is 21.3. The van der Waals surface area contributed by atoms with Gasteiger partial charge in [0.05, 0.1) is 30.2 Å². The number of nitro benzene ring substituents is 2. The predicted octanol–water partition coefficient (Wildman–Crippen LogP) is 4.20. The molecule has 0 N–H and O–H groups in total. The van der Waals surface area contributed by atoms with Crippen LogP contribution in [0, 0.1) is 20.2 Å². The molecule has 0 atom stereocenters. The van der Waals surface area contributed by atoms with Crippen LogP contribution in [0.1, 0.15) is 11.1 Å². The van der Waals surface area contributed by atoms with E-state index in [4.69, 9.17) is 9.05 Å². The van der Waals surface area contributed by atoms with Crippen LogP contribution in [-0.4, -0.2) is 22.7 Å². The minimum Gasteiger partial charge on any atom is -0.460 e. The van der Waals surface area contributed by atoms with Crippen molar-refractivity contribution in [3.8, 4) is 0 Å². The van der Waals surface area contributed by atoms with Crippen LogP contribution in [0.25, 0.3) is 0 Å². The number of nitrogens with zero attached hydrogens (tertiary/aromatic N) is 2. The van der Waals surface area contributed by atoms with Crippen molar-refractivity contribution in [2.45, 2.75) is 13.2 Å². The number of rotatable bonds is 9. The molecule has 148 valence electrons. The van der Waals surface area contributed by atoms with Gasteiger partial charge in [-0.2, -0.15) is 0 Å². The zero-order valence-corrected chi connectivity index (χ0v) is 15.4. The molecule has 0 unspecified atom stereocenters. The Hall–Kier alpha value is -3.14. The molecular formula is C16H15N2O9P. The third-order valence-electron chi connectivity index (χ3n) is 3.49. The predicted molar refractivity (Wildman–Crippen MR) is 95.8 cm³/mol. The Kier molecular flexibility index (Phi) is 6.94. The maximum Gasteiger partial charge on any atom is 0.439 e. The largest absolute Gasteiger partial charge is 0.460 e. The van der Waals surface area contributed by atoms with E-state index in [-0.39, 0.29) is 24.6 Å². The van der Waals surface area contributed by atoms with Gasteiger partial charge in [0.25, 0.3) is 11.4 Å². The molecule has 0 spiro atoms. The van der Waals surface area contributed by atoms with Gasteiger partial charge in [0.15, 0.2) is 0 Å². The number of methoxy groups -OCH3 is 1. The fourth-order valence-corrected chi connectivity index (χ4v) is 3.15. The number of hydrogen-bond donors (Lipinski definition) is 0. The lowest BCUT2D eigenvalue weighted by atomic mass is 10.2. The molecule has 0 heterocycles. The van der Waals surface area contributed by atoms with Crippen LogP contribution in [0.2, 0.25) is 0 Å². The van der Waals surface area contributed by atoms with Crippen molar-refractivity contribution in [2.75, 3.05) is 7.11 Å². The molecule has 12 heteroatoms. The highest BCUT2D eigenvalue weighted by Crippen LogP contribution is 2.51. The lowest BCUT2D eigenvalue weighted by Gasteiger charge is -2.16. The van der Waals surface area contributed by atoms with Gasteiger partial charge in [-0.25, -0.2) is 9.36 Å². The summed E-state index contributed by atoms with van der Waals surface area (Å²) in [6.45, 7) is -0.630. The molecular weight excluding hydrogens is 395 g/mol. The number of carbonyl (C=O) groups excluding carboxylic acids is 1. The molecule has 0 aliphatic carbocycles. The van der Waals surface area contributed by atoms with Crippen LogP contribution in [0.4, 0.5) is 16.2 Å². The van der Waals surface area contributed by atoms with Crippen molar-refractivity contribution in [3.63, 3.8) is 0 Å². The second-order valence-electron chi connectivity index (χ2n) is 5.36. The molecule has 0 radical (unpaired) electrons. The van der Waals surface area contributed by atoms with Crippen molar-refractivity contribution in [2.24, 2.45) is 0 Å². The van der Waals surface area contributed by atoms with Gasteiger partial charge >= 0.3 is 13.3 Å². The Bertz CT molecular complexity index is 847. The molecule has 0 aromatic heterocycles. The molecule has 2 aromatic carbocycles. The van der Waals surface area contributed by atoms with E-state index in [0.717, 1.165) is 7.11 Å². The third kappa shape index (κ3) is 5.43. The standard InChI is InChI=1S/C16H15N2O9P/c1-25-16(19)28(24,26-10-12-2-6-14(7-3-12)17(20)21)27-11-13-4-8-15(9-5-13)18(22)23/h2-9H,10-11H2,1H3. The van der Waals surface area contributed by atoms with Gasteiger partial charge in [0.2, 0.25) is 0 Å². The molecule has 0 bridgehead atoms.